The van der Waals surface area contributed by atoms with Crippen LogP contribution in [0.4, 0.5) is 5.82 Å². The summed E-state index contributed by atoms with van der Waals surface area (Å²) in [4.78, 5) is 2.35. The van der Waals surface area contributed by atoms with Crippen molar-refractivity contribution >= 4 is 5.82 Å². The maximum absolute atomic E-state index is 4.54. The first-order valence-corrected chi connectivity index (χ1v) is 8.15. The minimum Gasteiger partial charge on any atom is -0.352 e. The van der Waals surface area contributed by atoms with Gasteiger partial charge < -0.3 is 10.2 Å². The largest absolute Gasteiger partial charge is 0.352 e. The molecule has 1 unspecified atom stereocenters. The number of piperazine rings is 1. The SMILES string of the molecule is C/C=C\C(=C/C)Cc1nnc(N2CCNC(C)C2)c(C)c1C. The van der Waals surface area contributed by atoms with Crippen LogP contribution in [-0.4, -0.2) is 35.9 Å². The Kier molecular flexibility index (Phi) is 5.72. The van der Waals surface area contributed by atoms with Crippen molar-refractivity contribution in [1.82, 2.24) is 15.5 Å². The average Bonchev–Trinajstić information content (AvgIpc) is 2.51. The average molecular weight is 300 g/mol. The van der Waals surface area contributed by atoms with E-state index in [1.807, 2.05) is 6.92 Å². The summed E-state index contributed by atoms with van der Waals surface area (Å²) in [6.45, 7) is 13.7. The summed E-state index contributed by atoms with van der Waals surface area (Å²) in [6.07, 6.45) is 7.20. The van der Waals surface area contributed by atoms with Crippen molar-refractivity contribution in [1.29, 1.82) is 0 Å². The first-order valence-electron chi connectivity index (χ1n) is 8.15. The highest BCUT2D eigenvalue weighted by molar-refractivity contribution is 5.51. The molecule has 1 N–H and O–H groups in total. The molecule has 2 heterocycles. The number of hydrogen-bond acceptors (Lipinski definition) is 4. The highest BCUT2D eigenvalue weighted by Crippen LogP contribution is 2.23. The van der Waals surface area contributed by atoms with Gasteiger partial charge in [0.2, 0.25) is 0 Å². The molecule has 0 spiro atoms. The van der Waals surface area contributed by atoms with Crippen molar-refractivity contribution < 1.29 is 0 Å². The normalized spacial score (nSPS) is 20.0. The van der Waals surface area contributed by atoms with Crippen LogP contribution in [0.2, 0.25) is 0 Å². The van der Waals surface area contributed by atoms with E-state index in [0.29, 0.717) is 6.04 Å². The van der Waals surface area contributed by atoms with Crippen molar-refractivity contribution in [2.75, 3.05) is 24.5 Å². The molecule has 0 radical (unpaired) electrons. The molecule has 1 aromatic rings. The molecule has 0 amide bonds. The second-order valence-corrected chi connectivity index (χ2v) is 6.06. The van der Waals surface area contributed by atoms with Crippen LogP contribution in [0.5, 0.6) is 0 Å². The van der Waals surface area contributed by atoms with Gasteiger partial charge >= 0.3 is 0 Å². The molecule has 1 aliphatic heterocycles. The number of aromatic nitrogens is 2. The van der Waals surface area contributed by atoms with Crippen molar-refractivity contribution in [3.8, 4) is 0 Å². The van der Waals surface area contributed by atoms with Gasteiger partial charge in [0.15, 0.2) is 5.82 Å². The molecule has 0 aromatic carbocycles. The maximum Gasteiger partial charge on any atom is 0.154 e. The fourth-order valence-corrected chi connectivity index (χ4v) is 2.90. The third-order valence-corrected chi connectivity index (χ3v) is 4.39. The predicted molar refractivity (Wildman–Crippen MR) is 93.5 cm³/mol. The molecule has 4 heteroatoms. The standard InChI is InChI=1S/C18H28N4/c1-6-8-16(7-2)11-17-14(4)15(5)18(21-20-17)22-10-9-19-13(3)12-22/h6-8,13,19H,9-12H2,1-5H3/b8-6-,16-7+. The van der Waals surface area contributed by atoms with Gasteiger partial charge in [0.25, 0.3) is 0 Å². The van der Waals surface area contributed by atoms with Gasteiger partial charge in [-0.25, -0.2) is 0 Å². The number of nitrogens with one attached hydrogen (secondary N) is 1. The van der Waals surface area contributed by atoms with Gasteiger partial charge in [-0.3, -0.25) is 0 Å². The first kappa shape index (κ1) is 16.7. The summed E-state index contributed by atoms with van der Waals surface area (Å²) in [6, 6.07) is 0.499. The van der Waals surface area contributed by atoms with Crippen LogP contribution in [0.1, 0.15) is 37.6 Å². The lowest BCUT2D eigenvalue weighted by Crippen LogP contribution is -2.49. The van der Waals surface area contributed by atoms with E-state index >= 15 is 0 Å². The van der Waals surface area contributed by atoms with Crippen molar-refractivity contribution in [2.45, 2.75) is 47.1 Å². The van der Waals surface area contributed by atoms with Gasteiger partial charge in [0, 0.05) is 32.1 Å². The first-order chi connectivity index (χ1) is 10.6. The minimum absolute atomic E-state index is 0.499. The van der Waals surface area contributed by atoms with Crippen molar-refractivity contribution in [2.24, 2.45) is 0 Å². The monoisotopic (exact) mass is 300 g/mol. The van der Waals surface area contributed by atoms with Crippen LogP contribution in [0.15, 0.2) is 23.8 Å². The zero-order valence-electron chi connectivity index (χ0n) is 14.5. The van der Waals surface area contributed by atoms with Gasteiger partial charge in [-0.2, -0.15) is 5.10 Å². The molecule has 4 nitrogen and oxygen atoms in total. The highest BCUT2D eigenvalue weighted by Gasteiger charge is 2.20. The van der Waals surface area contributed by atoms with Gasteiger partial charge in [0.05, 0.1) is 5.69 Å². The molecule has 1 aromatic heterocycles. The summed E-state index contributed by atoms with van der Waals surface area (Å²) in [5, 5.41) is 12.5. The molecular formula is C18H28N4. The molecule has 1 aliphatic rings. The molecule has 22 heavy (non-hydrogen) atoms. The van der Waals surface area contributed by atoms with Crippen LogP contribution in [0, 0.1) is 13.8 Å². The fourth-order valence-electron chi connectivity index (χ4n) is 2.90. The predicted octanol–water partition coefficient (Wildman–Crippen LogP) is 2.96. The molecule has 120 valence electrons. The Morgan fingerprint density at radius 2 is 2.05 bits per heavy atom. The zero-order valence-corrected chi connectivity index (χ0v) is 14.5. The zero-order chi connectivity index (χ0) is 16.1. The number of allylic oxidation sites excluding steroid dienone is 4. The number of nitrogens with zero attached hydrogens (tertiary/aromatic N) is 3. The van der Waals surface area contributed by atoms with E-state index in [0.717, 1.165) is 37.6 Å². The second-order valence-electron chi connectivity index (χ2n) is 6.06. The lowest BCUT2D eigenvalue weighted by atomic mass is 10.0. The summed E-state index contributed by atoms with van der Waals surface area (Å²) < 4.78 is 0. The molecule has 0 bridgehead atoms. The van der Waals surface area contributed by atoms with E-state index in [1.165, 1.54) is 16.7 Å². The molecule has 1 atom stereocenters. The minimum atomic E-state index is 0.499. The van der Waals surface area contributed by atoms with E-state index in [4.69, 9.17) is 0 Å². The van der Waals surface area contributed by atoms with Crippen molar-refractivity contribution in [3.63, 3.8) is 0 Å². The summed E-state index contributed by atoms with van der Waals surface area (Å²) >= 11 is 0. The fraction of sp³-hybridized carbons (Fsp3) is 0.556. The molecule has 0 saturated carbocycles. The number of rotatable bonds is 4. The Hall–Kier alpha value is -1.68. The molecule has 1 fully saturated rings. The summed E-state index contributed by atoms with van der Waals surface area (Å²) in [7, 11) is 0. The summed E-state index contributed by atoms with van der Waals surface area (Å²) in [5.74, 6) is 1.04. The quantitative estimate of drug-likeness (QED) is 0.868. The Bertz CT molecular complexity index is 575. The number of anilines is 1. The molecule has 0 aliphatic carbocycles. The van der Waals surface area contributed by atoms with Crippen molar-refractivity contribution in [3.05, 3.63) is 40.6 Å². The van der Waals surface area contributed by atoms with E-state index in [2.05, 4.69) is 66.3 Å². The Labute approximate surface area is 134 Å². The third kappa shape index (κ3) is 3.74. The van der Waals surface area contributed by atoms with E-state index < -0.39 is 0 Å². The lowest BCUT2D eigenvalue weighted by molar-refractivity contribution is 0.480. The van der Waals surface area contributed by atoms with Gasteiger partial charge in [0.1, 0.15) is 0 Å². The lowest BCUT2D eigenvalue weighted by Gasteiger charge is -2.33. The number of hydrogen-bond donors (Lipinski definition) is 1. The van der Waals surface area contributed by atoms with E-state index in [1.54, 1.807) is 0 Å². The third-order valence-electron chi connectivity index (χ3n) is 4.39. The molecule has 2 rings (SSSR count). The van der Waals surface area contributed by atoms with Gasteiger partial charge in [-0.1, -0.05) is 18.2 Å². The highest BCUT2D eigenvalue weighted by atomic mass is 15.3. The van der Waals surface area contributed by atoms with Crippen LogP contribution in [0.3, 0.4) is 0 Å². The van der Waals surface area contributed by atoms with Crippen LogP contribution >= 0.6 is 0 Å². The van der Waals surface area contributed by atoms with Crippen LogP contribution in [0.25, 0.3) is 0 Å². The topological polar surface area (TPSA) is 41.1 Å². The van der Waals surface area contributed by atoms with Gasteiger partial charge in [-0.15, -0.1) is 5.10 Å². The molecular weight excluding hydrogens is 272 g/mol. The summed E-state index contributed by atoms with van der Waals surface area (Å²) in [5.41, 5.74) is 4.88. The Morgan fingerprint density at radius 3 is 2.68 bits per heavy atom. The van der Waals surface area contributed by atoms with E-state index in [9.17, 15) is 0 Å². The smallest absolute Gasteiger partial charge is 0.154 e. The van der Waals surface area contributed by atoms with Crippen LogP contribution < -0.4 is 10.2 Å². The van der Waals surface area contributed by atoms with Crippen LogP contribution in [-0.2, 0) is 6.42 Å². The maximum atomic E-state index is 4.54. The van der Waals surface area contributed by atoms with Gasteiger partial charge in [-0.05, 0) is 51.3 Å². The Morgan fingerprint density at radius 1 is 1.27 bits per heavy atom. The Balaban J connectivity index is 2.25. The molecule has 1 saturated heterocycles. The second kappa shape index (κ2) is 7.54. The van der Waals surface area contributed by atoms with E-state index in [-0.39, 0.29) is 0 Å².